The van der Waals surface area contributed by atoms with Crippen LogP contribution in [0.4, 0.5) is 22.7 Å². The van der Waals surface area contributed by atoms with Crippen LogP contribution in [0.15, 0.2) is 33.5 Å². The number of rotatable bonds is 35. The van der Waals surface area contributed by atoms with Gasteiger partial charge >= 0.3 is 31.1 Å². The number of aliphatic hydroxyl groups is 2. The molecule has 0 aliphatic rings. The van der Waals surface area contributed by atoms with E-state index in [1.54, 1.807) is 0 Å². The zero-order chi connectivity index (χ0) is 47.0. The summed E-state index contributed by atoms with van der Waals surface area (Å²) >= 11 is 0. The zero-order valence-corrected chi connectivity index (χ0v) is 37.3. The summed E-state index contributed by atoms with van der Waals surface area (Å²) in [6, 6.07) is 3.94. The number of non-ortho nitro benzene ring substituents is 2. The van der Waals surface area contributed by atoms with Gasteiger partial charge in [0.05, 0.1) is 41.0 Å². The van der Waals surface area contributed by atoms with Crippen LogP contribution in [-0.4, -0.2) is 109 Å². The fourth-order valence-corrected chi connectivity index (χ4v) is 7.54. The first-order chi connectivity index (χ1) is 31.3. The fourth-order valence-electron chi connectivity index (χ4n) is 6.75. The molecule has 0 aliphatic heterocycles. The predicted molar refractivity (Wildman–Crippen MR) is 233 cm³/mol. The number of anilines is 2. The van der Waals surface area contributed by atoms with E-state index in [0.29, 0.717) is 31.5 Å². The van der Waals surface area contributed by atoms with Gasteiger partial charge < -0.3 is 35.2 Å². The second kappa shape index (κ2) is 27.8. The van der Waals surface area contributed by atoms with Crippen LogP contribution in [0.3, 0.4) is 0 Å². The average molecular weight is 939 g/mol. The van der Waals surface area contributed by atoms with Gasteiger partial charge in [0.1, 0.15) is 18.8 Å². The molecule has 65 heavy (non-hydrogen) atoms. The molecule has 0 saturated carbocycles. The van der Waals surface area contributed by atoms with E-state index in [1.165, 1.54) is 69.6 Å². The summed E-state index contributed by atoms with van der Waals surface area (Å²) in [6.07, 6.45) is 12.5. The number of nitro groups is 2. The normalized spacial score (nSPS) is 13.8. The van der Waals surface area contributed by atoms with Gasteiger partial charge in [-0.25, -0.2) is 18.6 Å². The average Bonchev–Trinajstić information content (AvgIpc) is 3.99. The number of aliphatic hydroxyl groups excluding tert-OH is 2. The predicted octanol–water partition coefficient (Wildman–Crippen LogP) is 7.06. The monoisotopic (exact) mass is 938 g/mol. The van der Waals surface area contributed by atoms with Crippen LogP contribution in [0.5, 0.6) is 0 Å². The van der Waals surface area contributed by atoms with E-state index >= 15 is 0 Å². The van der Waals surface area contributed by atoms with Crippen LogP contribution in [0.25, 0.3) is 22.1 Å². The number of unbranched alkanes of at least 4 members (excludes halogenated alkanes) is 13. The first kappa shape index (κ1) is 52.2. The standard InChI is InChI=1S/C40H59N8O16P/c1-2-3-4-5-6-7-8-9-10-11-12-13-14-18-35(51)59-26-29(27-61-65(57,58)60-25-28(50)24-49)62-40(52)32(42-31-20-22-34(48(55)56)39-37(31)44-64-46-39)17-15-16-23-41-30-19-21-33(47(53)54)38-36(30)43-63-45-38/h19-22,28-29,32,41-42,49-50H,2-18,23-27H2,1H3,(H,57,58)/t28-,29+,32?/m0/s1. The highest BCUT2D eigenvalue weighted by Gasteiger charge is 2.31. The first-order valence-corrected chi connectivity index (χ1v) is 23.4. The number of fused-ring (bicyclic) bond motifs is 2. The molecular formula is C40H59N8O16P. The van der Waals surface area contributed by atoms with E-state index in [-0.39, 0.29) is 46.3 Å². The molecule has 0 amide bonds. The minimum Gasteiger partial charge on any atom is -0.462 e. The summed E-state index contributed by atoms with van der Waals surface area (Å²) in [6.45, 7) is -0.389. The molecule has 25 heteroatoms. The third-order valence-corrected chi connectivity index (χ3v) is 11.2. The Morgan fingerprint density at radius 3 is 1.83 bits per heavy atom. The number of carbonyl (C=O) groups is 2. The summed E-state index contributed by atoms with van der Waals surface area (Å²) in [7, 11) is -4.88. The summed E-state index contributed by atoms with van der Waals surface area (Å²) < 4.78 is 43.0. The number of phosphoric ester groups is 1. The Morgan fingerprint density at radius 1 is 0.738 bits per heavy atom. The molecule has 2 aromatic heterocycles. The Morgan fingerprint density at radius 2 is 1.26 bits per heavy atom. The van der Waals surface area contributed by atoms with Gasteiger partial charge in [-0.3, -0.25) is 34.1 Å². The number of hydrogen-bond acceptors (Lipinski definition) is 21. The summed E-state index contributed by atoms with van der Waals surface area (Å²) in [5, 5.41) is 62.5. The van der Waals surface area contributed by atoms with Crippen LogP contribution in [0, 0.1) is 20.2 Å². The molecule has 0 spiro atoms. The number of aromatic nitrogens is 4. The maximum Gasteiger partial charge on any atom is 0.472 e. The molecule has 2 heterocycles. The van der Waals surface area contributed by atoms with Crippen molar-refractivity contribution in [2.45, 2.75) is 134 Å². The summed E-state index contributed by atoms with van der Waals surface area (Å²) in [5.74, 6) is -1.54. The SMILES string of the molecule is CCCCCCCCCCCCCCCC(=O)OC[C@H](COP(=O)(O)OC[C@@H](O)CO)OC(=O)C(CCCCNc1ccc([N+](=O)[O-])c2nonc12)Nc1ccc([N+](=O)[O-])c2nonc12. The van der Waals surface area contributed by atoms with Gasteiger partial charge in [-0.15, -0.1) is 0 Å². The van der Waals surface area contributed by atoms with Crippen LogP contribution < -0.4 is 10.6 Å². The quantitative estimate of drug-likeness (QED) is 0.0101. The molecule has 0 saturated heterocycles. The lowest BCUT2D eigenvalue weighted by atomic mass is 10.0. The van der Waals surface area contributed by atoms with E-state index in [1.807, 2.05) is 0 Å². The van der Waals surface area contributed by atoms with Crippen molar-refractivity contribution in [3.05, 3.63) is 44.5 Å². The van der Waals surface area contributed by atoms with Crippen molar-refractivity contribution < 1.29 is 66.9 Å². The molecule has 0 aliphatic carbocycles. The molecule has 2 aromatic carbocycles. The van der Waals surface area contributed by atoms with Gasteiger partial charge in [0, 0.05) is 25.1 Å². The lowest BCUT2D eigenvalue weighted by Gasteiger charge is -2.24. The Hall–Kier alpha value is -5.39. The molecule has 4 aromatic rings. The minimum atomic E-state index is -4.88. The maximum atomic E-state index is 14.0. The second-order valence-electron chi connectivity index (χ2n) is 15.5. The van der Waals surface area contributed by atoms with Crippen molar-refractivity contribution in [2.75, 3.05) is 43.6 Å². The lowest BCUT2D eigenvalue weighted by Crippen LogP contribution is -2.38. The highest BCUT2D eigenvalue weighted by atomic mass is 31.2. The number of phosphoric acid groups is 1. The van der Waals surface area contributed by atoms with E-state index < -0.39 is 80.0 Å². The molecule has 24 nitrogen and oxygen atoms in total. The number of nitrogens with one attached hydrogen (secondary N) is 2. The van der Waals surface area contributed by atoms with E-state index in [9.17, 15) is 44.4 Å². The van der Waals surface area contributed by atoms with Crippen molar-refractivity contribution in [2.24, 2.45) is 0 Å². The van der Waals surface area contributed by atoms with E-state index in [0.717, 1.165) is 31.7 Å². The van der Waals surface area contributed by atoms with Gasteiger partial charge in [0.2, 0.25) is 11.0 Å². The zero-order valence-electron chi connectivity index (χ0n) is 36.4. The molecule has 360 valence electrons. The number of esters is 2. The van der Waals surface area contributed by atoms with Crippen LogP contribution in [-0.2, 0) is 32.7 Å². The van der Waals surface area contributed by atoms with Crippen LogP contribution >= 0.6 is 7.82 Å². The lowest BCUT2D eigenvalue weighted by molar-refractivity contribution is -0.383. The smallest absolute Gasteiger partial charge is 0.462 e. The van der Waals surface area contributed by atoms with E-state index in [4.69, 9.17) is 32.9 Å². The number of carbonyl (C=O) groups excluding carboxylic acids is 2. The number of benzene rings is 2. The number of nitrogens with zero attached hydrogens (tertiary/aromatic N) is 6. The van der Waals surface area contributed by atoms with Crippen molar-refractivity contribution in [1.82, 2.24) is 20.6 Å². The number of ether oxygens (including phenoxy) is 2. The maximum absolute atomic E-state index is 14.0. The third-order valence-electron chi connectivity index (χ3n) is 10.3. The van der Waals surface area contributed by atoms with Crippen LogP contribution in [0.2, 0.25) is 0 Å². The second-order valence-corrected chi connectivity index (χ2v) is 16.9. The Balaban J connectivity index is 1.38. The Labute approximate surface area is 373 Å². The van der Waals surface area contributed by atoms with Gasteiger partial charge in [-0.2, -0.15) is 0 Å². The molecule has 5 N–H and O–H groups in total. The van der Waals surface area contributed by atoms with Crippen molar-refractivity contribution in [1.29, 1.82) is 0 Å². The first-order valence-electron chi connectivity index (χ1n) is 21.9. The number of nitro benzene ring substituents is 2. The van der Waals surface area contributed by atoms with Crippen molar-refractivity contribution in [3.63, 3.8) is 0 Å². The van der Waals surface area contributed by atoms with Gasteiger partial charge in [-0.1, -0.05) is 84.0 Å². The minimum absolute atomic E-state index is 0.0422. The molecule has 4 atom stereocenters. The topological polar surface area (TPSA) is 337 Å². The third kappa shape index (κ3) is 17.8. The van der Waals surface area contributed by atoms with E-state index in [2.05, 4.69) is 38.2 Å². The summed E-state index contributed by atoms with van der Waals surface area (Å²) in [4.78, 5) is 58.7. The summed E-state index contributed by atoms with van der Waals surface area (Å²) in [5.41, 5.74) is -0.315. The van der Waals surface area contributed by atoms with Gasteiger partial charge in [0.15, 0.2) is 17.1 Å². The number of hydrogen-bond donors (Lipinski definition) is 5. The van der Waals surface area contributed by atoms with Crippen LogP contribution in [0.1, 0.15) is 116 Å². The van der Waals surface area contributed by atoms with Gasteiger partial charge in [0.25, 0.3) is 0 Å². The molecule has 0 radical (unpaired) electrons. The van der Waals surface area contributed by atoms with Crippen molar-refractivity contribution in [3.8, 4) is 0 Å². The fraction of sp³-hybridized carbons (Fsp3) is 0.650. The Bertz CT molecular complexity index is 2160. The van der Waals surface area contributed by atoms with Crippen molar-refractivity contribution >= 4 is 64.6 Å². The molecular weight excluding hydrogens is 879 g/mol. The van der Waals surface area contributed by atoms with Gasteiger partial charge in [-0.05, 0) is 58.4 Å². The largest absolute Gasteiger partial charge is 0.472 e. The molecule has 4 rings (SSSR count). The molecule has 0 bridgehead atoms. The highest BCUT2D eigenvalue weighted by Crippen LogP contribution is 2.43. The Kier molecular flexibility index (Phi) is 22.4. The molecule has 0 fully saturated rings. The molecule has 2 unspecified atom stereocenters. The highest BCUT2D eigenvalue weighted by molar-refractivity contribution is 7.47.